The van der Waals surface area contributed by atoms with Gasteiger partial charge in [-0.05, 0) is 18.9 Å². The van der Waals surface area contributed by atoms with Crippen LogP contribution in [-0.2, 0) is 0 Å². The number of H-pyrrole nitrogens is 1. The first kappa shape index (κ1) is 11.1. The van der Waals surface area contributed by atoms with Gasteiger partial charge < -0.3 is 4.98 Å². The predicted octanol–water partition coefficient (Wildman–Crippen LogP) is 1.36. The molecule has 1 aliphatic rings. The molecule has 18 heavy (non-hydrogen) atoms. The fourth-order valence-corrected chi connectivity index (χ4v) is 2.43. The highest BCUT2D eigenvalue weighted by molar-refractivity contribution is 7.15. The Balaban J connectivity index is 1.75. The number of pyridine rings is 1. The third kappa shape index (κ3) is 2.30. The Hall–Kier alpha value is -2.02. The quantitative estimate of drug-likeness (QED) is 0.874. The van der Waals surface area contributed by atoms with E-state index in [1.807, 2.05) is 0 Å². The van der Waals surface area contributed by atoms with Gasteiger partial charge in [0.2, 0.25) is 10.7 Å². The Morgan fingerprint density at radius 3 is 2.94 bits per heavy atom. The van der Waals surface area contributed by atoms with Crippen molar-refractivity contribution in [2.45, 2.75) is 18.8 Å². The van der Waals surface area contributed by atoms with Crippen molar-refractivity contribution in [2.24, 2.45) is 0 Å². The lowest BCUT2D eigenvalue weighted by Crippen LogP contribution is -2.17. The smallest absolute Gasteiger partial charge is 0.274 e. The van der Waals surface area contributed by atoms with Gasteiger partial charge in [-0.1, -0.05) is 17.4 Å². The Kier molecular flexibility index (Phi) is 2.67. The van der Waals surface area contributed by atoms with Crippen LogP contribution in [0.2, 0.25) is 0 Å². The molecule has 3 rings (SSSR count). The number of nitrogens with one attached hydrogen (secondary N) is 2. The average molecular weight is 262 g/mol. The van der Waals surface area contributed by atoms with Gasteiger partial charge in [0.25, 0.3) is 5.91 Å². The number of hydrogen-bond donors (Lipinski definition) is 2. The van der Waals surface area contributed by atoms with Crippen LogP contribution in [0.15, 0.2) is 23.0 Å². The molecule has 1 fully saturated rings. The highest BCUT2D eigenvalue weighted by Gasteiger charge is 2.27. The van der Waals surface area contributed by atoms with Crippen molar-refractivity contribution in [3.05, 3.63) is 39.3 Å². The number of rotatable bonds is 3. The summed E-state index contributed by atoms with van der Waals surface area (Å²) in [7, 11) is 0. The highest BCUT2D eigenvalue weighted by atomic mass is 32.1. The molecule has 1 amide bonds. The minimum absolute atomic E-state index is 0.214. The number of aromatic nitrogens is 3. The van der Waals surface area contributed by atoms with Gasteiger partial charge in [0, 0.05) is 12.0 Å². The molecule has 0 spiro atoms. The number of carbonyl (C=O) groups is 1. The van der Waals surface area contributed by atoms with Crippen LogP contribution in [0.5, 0.6) is 0 Å². The van der Waals surface area contributed by atoms with Gasteiger partial charge in [-0.15, -0.1) is 10.2 Å². The molecule has 0 radical (unpaired) electrons. The maximum Gasteiger partial charge on any atom is 0.274 e. The first-order chi connectivity index (χ1) is 8.72. The lowest BCUT2D eigenvalue weighted by molar-refractivity contribution is 0.102. The summed E-state index contributed by atoms with van der Waals surface area (Å²) in [6.45, 7) is 0. The molecule has 92 valence electrons. The SMILES string of the molecule is O=C(Nc1nnc(C2CC2)s1)c1cccc(=O)[nH]1. The van der Waals surface area contributed by atoms with E-state index in [1.54, 1.807) is 6.07 Å². The molecule has 0 aromatic carbocycles. The Bertz CT molecular complexity index is 644. The lowest BCUT2D eigenvalue weighted by atomic mass is 10.3. The van der Waals surface area contributed by atoms with E-state index in [4.69, 9.17) is 0 Å². The zero-order chi connectivity index (χ0) is 12.5. The minimum atomic E-state index is -0.383. The molecule has 6 nitrogen and oxygen atoms in total. The molecule has 0 bridgehead atoms. The second-order valence-corrected chi connectivity index (χ2v) is 5.11. The minimum Gasteiger partial charge on any atom is -0.318 e. The summed E-state index contributed by atoms with van der Waals surface area (Å²) in [6, 6.07) is 4.43. The summed E-state index contributed by atoms with van der Waals surface area (Å²) < 4.78 is 0. The zero-order valence-electron chi connectivity index (χ0n) is 9.34. The number of hydrogen-bond acceptors (Lipinski definition) is 5. The molecule has 0 aliphatic heterocycles. The summed E-state index contributed by atoms with van der Waals surface area (Å²) >= 11 is 1.38. The largest absolute Gasteiger partial charge is 0.318 e. The highest BCUT2D eigenvalue weighted by Crippen LogP contribution is 2.42. The number of carbonyl (C=O) groups excluding carboxylic acids is 1. The maximum atomic E-state index is 11.8. The van der Waals surface area contributed by atoms with Crippen LogP contribution in [0, 0.1) is 0 Å². The molecule has 2 N–H and O–H groups in total. The van der Waals surface area contributed by atoms with Crippen molar-refractivity contribution < 1.29 is 4.79 Å². The molecule has 1 aliphatic carbocycles. The first-order valence-corrected chi connectivity index (χ1v) is 6.38. The number of aromatic amines is 1. The fourth-order valence-electron chi connectivity index (χ4n) is 1.53. The average Bonchev–Trinajstić information content (AvgIpc) is 3.11. The van der Waals surface area contributed by atoms with Gasteiger partial charge in [0.15, 0.2) is 0 Å². The zero-order valence-corrected chi connectivity index (χ0v) is 10.2. The normalized spacial score (nSPS) is 14.4. The molecular formula is C11H10N4O2S. The summed E-state index contributed by atoms with van der Waals surface area (Å²) in [6.07, 6.45) is 2.29. The standard InChI is InChI=1S/C11H10N4O2S/c16-8-3-1-2-7(12-8)9(17)13-11-15-14-10(18-11)6-4-5-6/h1-3,6H,4-5H2,(H,12,16)(H,13,15,17). The summed E-state index contributed by atoms with van der Waals surface area (Å²) in [5.41, 5.74) is -0.0933. The molecule has 2 aromatic rings. The van der Waals surface area contributed by atoms with Gasteiger partial charge in [-0.25, -0.2) is 0 Å². The predicted molar refractivity (Wildman–Crippen MR) is 66.9 cm³/mol. The van der Waals surface area contributed by atoms with Crippen molar-refractivity contribution >= 4 is 22.4 Å². The first-order valence-electron chi connectivity index (χ1n) is 5.56. The van der Waals surface area contributed by atoms with Crippen LogP contribution in [-0.4, -0.2) is 21.1 Å². The molecule has 0 atom stereocenters. The van der Waals surface area contributed by atoms with Crippen molar-refractivity contribution in [3.8, 4) is 0 Å². The number of nitrogens with zero attached hydrogens (tertiary/aromatic N) is 2. The Morgan fingerprint density at radius 1 is 1.39 bits per heavy atom. The second kappa shape index (κ2) is 4.34. The van der Waals surface area contributed by atoms with E-state index in [-0.39, 0.29) is 17.2 Å². The lowest BCUT2D eigenvalue weighted by Gasteiger charge is -1.99. The van der Waals surface area contributed by atoms with Crippen LogP contribution < -0.4 is 10.9 Å². The molecular weight excluding hydrogens is 252 g/mol. The summed E-state index contributed by atoms with van der Waals surface area (Å²) in [5.74, 6) is 0.135. The Labute approximate surface area is 106 Å². The third-order valence-corrected chi connectivity index (χ3v) is 3.60. The van der Waals surface area contributed by atoms with Gasteiger partial charge in [-0.2, -0.15) is 0 Å². The van der Waals surface area contributed by atoms with E-state index in [0.29, 0.717) is 11.0 Å². The maximum absolute atomic E-state index is 11.8. The molecule has 1 saturated carbocycles. The van der Waals surface area contributed by atoms with Gasteiger partial charge in [0.05, 0.1) is 0 Å². The van der Waals surface area contributed by atoms with Gasteiger partial charge >= 0.3 is 0 Å². The molecule has 2 aromatic heterocycles. The van der Waals surface area contributed by atoms with Crippen molar-refractivity contribution in [3.63, 3.8) is 0 Å². The van der Waals surface area contributed by atoms with E-state index in [1.165, 1.54) is 23.5 Å². The van der Waals surface area contributed by atoms with E-state index >= 15 is 0 Å². The topological polar surface area (TPSA) is 87.7 Å². The van der Waals surface area contributed by atoms with Crippen LogP contribution >= 0.6 is 11.3 Å². The van der Waals surface area contributed by atoms with Crippen LogP contribution in [0.3, 0.4) is 0 Å². The molecule has 2 heterocycles. The van der Waals surface area contributed by atoms with Crippen LogP contribution in [0.4, 0.5) is 5.13 Å². The van der Waals surface area contributed by atoms with Crippen LogP contribution in [0.1, 0.15) is 34.3 Å². The van der Waals surface area contributed by atoms with Crippen molar-refractivity contribution in [2.75, 3.05) is 5.32 Å². The number of amides is 1. The van der Waals surface area contributed by atoms with E-state index in [2.05, 4.69) is 20.5 Å². The van der Waals surface area contributed by atoms with E-state index in [0.717, 1.165) is 17.8 Å². The van der Waals surface area contributed by atoms with E-state index < -0.39 is 0 Å². The Morgan fingerprint density at radius 2 is 2.22 bits per heavy atom. The second-order valence-electron chi connectivity index (χ2n) is 4.10. The van der Waals surface area contributed by atoms with Crippen molar-refractivity contribution in [1.29, 1.82) is 0 Å². The van der Waals surface area contributed by atoms with Gasteiger partial charge in [-0.3, -0.25) is 14.9 Å². The summed E-state index contributed by atoms with van der Waals surface area (Å²) in [5, 5.41) is 12.0. The molecule has 0 unspecified atom stereocenters. The number of anilines is 1. The van der Waals surface area contributed by atoms with E-state index in [9.17, 15) is 9.59 Å². The van der Waals surface area contributed by atoms with Crippen LogP contribution in [0.25, 0.3) is 0 Å². The third-order valence-electron chi connectivity index (χ3n) is 2.60. The fraction of sp³-hybridized carbons (Fsp3) is 0.273. The molecule has 0 saturated heterocycles. The van der Waals surface area contributed by atoms with Gasteiger partial charge in [0.1, 0.15) is 10.7 Å². The molecule has 7 heteroatoms. The monoisotopic (exact) mass is 262 g/mol. The summed E-state index contributed by atoms with van der Waals surface area (Å²) in [4.78, 5) is 25.4. The van der Waals surface area contributed by atoms with Crippen molar-refractivity contribution in [1.82, 2.24) is 15.2 Å².